The van der Waals surface area contributed by atoms with Crippen LogP contribution in [0.5, 0.6) is 5.75 Å². The van der Waals surface area contributed by atoms with Crippen molar-refractivity contribution in [2.45, 2.75) is 13.8 Å². The number of rotatable bonds is 4. The summed E-state index contributed by atoms with van der Waals surface area (Å²) in [4.78, 5) is 12.2. The third-order valence-electron chi connectivity index (χ3n) is 2.84. The van der Waals surface area contributed by atoms with Gasteiger partial charge in [0, 0.05) is 16.3 Å². The van der Waals surface area contributed by atoms with Gasteiger partial charge in [0.2, 0.25) is 0 Å². The first-order chi connectivity index (χ1) is 9.60. The molecule has 0 aliphatic carbocycles. The van der Waals surface area contributed by atoms with Crippen LogP contribution in [-0.2, 0) is 0 Å². The van der Waals surface area contributed by atoms with Gasteiger partial charge in [0.25, 0.3) is 5.91 Å². The van der Waals surface area contributed by atoms with E-state index < -0.39 is 0 Å². The third kappa shape index (κ3) is 3.52. The molecule has 4 heteroatoms. The Morgan fingerprint density at radius 2 is 2.05 bits per heavy atom. The van der Waals surface area contributed by atoms with Crippen molar-refractivity contribution in [2.75, 3.05) is 11.9 Å². The quantitative estimate of drug-likeness (QED) is 0.911. The number of halogens is 1. The normalized spacial score (nSPS) is 10.2. The first-order valence-electron chi connectivity index (χ1n) is 6.40. The van der Waals surface area contributed by atoms with Gasteiger partial charge in [0.15, 0.2) is 0 Å². The van der Waals surface area contributed by atoms with Crippen LogP contribution in [-0.4, -0.2) is 12.5 Å². The van der Waals surface area contributed by atoms with Gasteiger partial charge in [-0.2, -0.15) is 0 Å². The van der Waals surface area contributed by atoms with E-state index in [0.29, 0.717) is 22.9 Å². The van der Waals surface area contributed by atoms with Gasteiger partial charge in [-0.05, 0) is 55.8 Å². The number of hydrogen-bond donors (Lipinski definition) is 1. The summed E-state index contributed by atoms with van der Waals surface area (Å²) in [6, 6.07) is 12.5. The van der Waals surface area contributed by atoms with E-state index in [4.69, 9.17) is 16.3 Å². The molecule has 0 spiro atoms. The zero-order chi connectivity index (χ0) is 14.5. The number of benzene rings is 2. The Balaban J connectivity index is 2.17. The molecule has 20 heavy (non-hydrogen) atoms. The maximum atomic E-state index is 12.2. The maximum Gasteiger partial charge on any atom is 0.255 e. The van der Waals surface area contributed by atoms with Crippen molar-refractivity contribution >= 4 is 23.2 Å². The second kappa shape index (κ2) is 6.44. The largest absolute Gasteiger partial charge is 0.494 e. The van der Waals surface area contributed by atoms with Crippen molar-refractivity contribution in [3.8, 4) is 5.75 Å². The van der Waals surface area contributed by atoms with E-state index in [9.17, 15) is 4.79 Å². The number of nitrogens with one attached hydrogen (secondary N) is 1. The lowest BCUT2D eigenvalue weighted by Gasteiger charge is -2.10. The lowest BCUT2D eigenvalue weighted by molar-refractivity contribution is 0.102. The Kier molecular flexibility index (Phi) is 4.64. The average Bonchev–Trinajstić information content (AvgIpc) is 2.42. The molecule has 0 aliphatic rings. The van der Waals surface area contributed by atoms with Crippen molar-refractivity contribution in [2.24, 2.45) is 0 Å². The fourth-order valence-corrected chi connectivity index (χ4v) is 2.08. The summed E-state index contributed by atoms with van der Waals surface area (Å²) in [7, 11) is 0. The molecule has 0 saturated carbocycles. The van der Waals surface area contributed by atoms with Gasteiger partial charge in [-0.15, -0.1) is 0 Å². The minimum absolute atomic E-state index is 0.169. The van der Waals surface area contributed by atoms with Gasteiger partial charge < -0.3 is 10.1 Å². The SMILES string of the molecule is CCOc1cccc(C(=O)Nc2ccc(Cl)cc2C)c1. The van der Waals surface area contributed by atoms with E-state index in [-0.39, 0.29) is 5.91 Å². The van der Waals surface area contributed by atoms with Crippen LogP contribution >= 0.6 is 11.6 Å². The summed E-state index contributed by atoms with van der Waals surface area (Å²) < 4.78 is 5.39. The van der Waals surface area contributed by atoms with Crippen LogP contribution in [0.2, 0.25) is 5.02 Å². The van der Waals surface area contributed by atoms with Crippen molar-refractivity contribution < 1.29 is 9.53 Å². The number of ether oxygens (including phenoxy) is 1. The van der Waals surface area contributed by atoms with Gasteiger partial charge in [0.05, 0.1) is 6.61 Å². The first-order valence-corrected chi connectivity index (χ1v) is 6.78. The second-order valence-corrected chi connectivity index (χ2v) is 4.81. The number of anilines is 1. The minimum atomic E-state index is -0.169. The molecule has 2 rings (SSSR count). The molecule has 0 unspecified atom stereocenters. The van der Waals surface area contributed by atoms with Crippen LogP contribution in [0, 0.1) is 6.92 Å². The lowest BCUT2D eigenvalue weighted by Crippen LogP contribution is -2.12. The number of carbonyl (C=O) groups excluding carboxylic acids is 1. The summed E-state index contributed by atoms with van der Waals surface area (Å²) in [5.74, 6) is 0.518. The molecule has 1 N–H and O–H groups in total. The van der Waals surface area contributed by atoms with Gasteiger partial charge >= 0.3 is 0 Å². The van der Waals surface area contributed by atoms with Crippen LogP contribution in [0.1, 0.15) is 22.8 Å². The zero-order valence-corrected chi connectivity index (χ0v) is 12.2. The first kappa shape index (κ1) is 14.4. The number of carbonyl (C=O) groups is 1. The van der Waals surface area contributed by atoms with Crippen LogP contribution in [0.4, 0.5) is 5.69 Å². The fraction of sp³-hybridized carbons (Fsp3) is 0.188. The highest BCUT2D eigenvalue weighted by atomic mass is 35.5. The summed E-state index contributed by atoms with van der Waals surface area (Å²) in [6.45, 7) is 4.38. The van der Waals surface area contributed by atoms with Gasteiger partial charge in [-0.25, -0.2) is 0 Å². The monoisotopic (exact) mass is 289 g/mol. The molecular weight excluding hydrogens is 274 g/mol. The summed E-state index contributed by atoms with van der Waals surface area (Å²) in [6.07, 6.45) is 0. The molecule has 104 valence electrons. The number of hydrogen-bond acceptors (Lipinski definition) is 2. The molecule has 2 aromatic rings. The molecule has 0 atom stereocenters. The van der Waals surface area contributed by atoms with Crippen LogP contribution < -0.4 is 10.1 Å². The minimum Gasteiger partial charge on any atom is -0.494 e. The molecule has 0 bridgehead atoms. The van der Waals surface area contributed by atoms with Crippen molar-refractivity contribution in [1.82, 2.24) is 0 Å². The van der Waals surface area contributed by atoms with E-state index in [2.05, 4.69) is 5.32 Å². The predicted molar refractivity (Wildman–Crippen MR) is 81.8 cm³/mol. The summed E-state index contributed by atoms with van der Waals surface area (Å²) in [5.41, 5.74) is 2.23. The molecular formula is C16H16ClNO2. The Morgan fingerprint density at radius 1 is 1.25 bits per heavy atom. The highest BCUT2D eigenvalue weighted by Crippen LogP contribution is 2.21. The van der Waals surface area contributed by atoms with Crippen molar-refractivity contribution in [3.63, 3.8) is 0 Å². The Hall–Kier alpha value is -2.00. The smallest absolute Gasteiger partial charge is 0.255 e. The maximum absolute atomic E-state index is 12.2. The van der Waals surface area contributed by atoms with E-state index in [1.54, 1.807) is 30.3 Å². The highest BCUT2D eigenvalue weighted by molar-refractivity contribution is 6.30. The summed E-state index contributed by atoms with van der Waals surface area (Å²) in [5, 5.41) is 3.52. The number of aryl methyl sites for hydroxylation is 1. The Labute approximate surface area is 123 Å². The Bertz CT molecular complexity index is 626. The predicted octanol–water partition coefficient (Wildman–Crippen LogP) is 4.30. The average molecular weight is 290 g/mol. The molecule has 0 aliphatic heterocycles. The van der Waals surface area contributed by atoms with Crippen molar-refractivity contribution in [3.05, 3.63) is 58.6 Å². The number of amides is 1. The molecule has 0 radical (unpaired) electrons. The van der Waals surface area contributed by atoms with Gasteiger partial charge in [-0.1, -0.05) is 17.7 Å². The van der Waals surface area contributed by atoms with E-state index in [1.165, 1.54) is 0 Å². The second-order valence-electron chi connectivity index (χ2n) is 4.37. The molecule has 3 nitrogen and oxygen atoms in total. The molecule has 0 saturated heterocycles. The van der Waals surface area contributed by atoms with E-state index >= 15 is 0 Å². The lowest BCUT2D eigenvalue weighted by atomic mass is 10.1. The van der Waals surface area contributed by atoms with E-state index in [0.717, 1.165) is 11.3 Å². The van der Waals surface area contributed by atoms with Crippen molar-refractivity contribution in [1.29, 1.82) is 0 Å². The molecule has 2 aromatic carbocycles. The Morgan fingerprint density at radius 3 is 2.75 bits per heavy atom. The van der Waals surface area contributed by atoms with Crippen LogP contribution in [0.25, 0.3) is 0 Å². The van der Waals surface area contributed by atoms with E-state index in [1.807, 2.05) is 26.0 Å². The highest BCUT2D eigenvalue weighted by Gasteiger charge is 2.09. The molecule has 0 aromatic heterocycles. The van der Waals surface area contributed by atoms with Gasteiger partial charge in [-0.3, -0.25) is 4.79 Å². The summed E-state index contributed by atoms with van der Waals surface area (Å²) >= 11 is 5.90. The molecule has 0 fully saturated rings. The third-order valence-corrected chi connectivity index (χ3v) is 3.08. The zero-order valence-electron chi connectivity index (χ0n) is 11.4. The van der Waals surface area contributed by atoms with Crippen LogP contribution in [0.3, 0.4) is 0 Å². The standard InChI is InChI=1S/C16H16ClNO2/c1-3-20-14-6-4-5-12(10-14)16(19)18-15-8-7-13(17)9-11(15)2/h4-10H,3H2,1-2H3,(H,18,19). The molecule has 1 amide bonds. The molecule has 0 heterocycles. The topological polar surface area (TPSA) is 38.3 Å². The fourth-order valence-electron chi connectivity index (χ4n) is 1.86. The van der Waals surface area contributed by atoms with Gasteiger partial charge in [0.1, 0.15) is 5.75 Å². The van der Waals surface area contributed by atoms with Crippen LogP contribution in [0.15, 0.2) is 42.5 Å².